The molecule has 0 atom stereocenters. The lowest BCUT2D eigenvalue weighted by Gasteiger charge is -2.34. The van der Waals surface area contributed by atoms with Crippen molar-refractivity contribution in [2.45, 2.75) is 39.2 Å². The molecule has 1 fully saturated rings. The molecule has 1 aliphatic rings. The normalized spacial score (nSPS) is 16.5. The number of piperidine rings is 1. The molecule has 1 amide bonds. The van der Waals surface area contributed by atoms with E-state index < -0.39 is 5.60 Å². The van der Waals surface area contributed by atoms with Crippen molar-refractivity contribution in [1.82, 2.24) is 4.90 Å². The van der Waals surface area contributed by atoms with Crippen molar-refractivity contribution in [3.05, 3.63) is 29.3 Å². The lowest BCUT2D eigenvalue weighted by molar-refractivity contribution is -0.0268. The summed E-state index contributed by atoms with van der Waals surface area (Å²) < 4.78 is 6.11. The monoisotopic (exact) mass is 347 g/mol. The number of nitrogens with zero attached hydrogens (tertiary/aromatic N) is 2. The van der Waals surface area contributed by atoms with Crippen LogP contribution in [-0.4, -0.2) is 51.1 Å². The summed E-state index contributed by atoms with van der Waals surface area (Å²) in [5, 5.41) is 0. The second-order valence-electron chi connectivity index (χ2n) is 7.93. The maximum atomic E-state index is 11.9. The molecule has 0 bridgehead atoms. The minimum absolute atomic E-state index is 0.369. The molecule has 2 N–H and O–H groups in total. The van der Waals surface area contributed by atoms with E-state index in [-0.39, 0.29) is 5.91 Å². The van der Waals surface area contributed by atoms with Crippen molar-refractivity contribution in [1.29, 1.82) is 0 Å². The number of anilines is 1. The standard InChI is InChI=1S/C20H33N3O2/c1-15-8-10-23(11-9-15)18-14-16(6-7-17(18)19(21)24)20(2,3)25-13-12-22(4)5/h6-7,14-15H,8-13H2,1-5H3,(H2,21,24). The number of amides is 1. The van der Waals surface area contributed by atoms with Gasteiger partial charge in [0.15, 0.2) is 0 Å². The Labute approximate surface area is 152 Å². The van der Waals surface area contributed by atoms with Gasteiger partial charge in [0.25, 0.3) is 5.91 Å². The Bertz CT molecular complexity index is 591. The number of ether oxygens (including phenoxy) is 1. The first-order valence-corrected chi connectivity index (χ1v) is 9.18. The van der Waals surface area contributed by atoms with Crippen LogP contribution in [0.2, 0.25) is 0 Å². The zero-order valence-corrected chi connectivity index (χ0v) is 16.3. The lowest BCUT2D eigenvalue weighted by atomic mass is 9.93. The van der Waals surface area contributed by atoms with Crippen molar-refractivity contribution >= 4 is 11.6 Å². The summed E-state index contributed by atoms with van der Waals surface area (Å²) in [6.45, 7) is 9.89. The van der Waals surface area contributed by atoms with Gasteiger partial charge in [0.05, 0.1) is 17.8 Å². The van der Waals surface area contributed by atoms with Gasteiger partial charge < -0.3 is 20.3 Å². The molecule has 140 valence electrons. The third-order valence-corrected chi connectivity index (χ3v) is 5.08. The molecule has 1 heterocycles. The second-order valence-corrected chi connectivity index (χ2v) is 7.93. The van der Waals surface area contributed by atoms with Crippen LogP contribution in [0.25, 0.3) is 0 Å². The predicted molar refractivity (Wildman–Crippen MR) is 103 cm³/mol. The first kappa shape index (κ1) is 19.7. The van der Waals surface area contributed by atoms with Crippen LogP contribution in [0.15, 0.2) is 18.2 Å². The molecule has 5 nitrogen and oxygen atoms in total. The molecule has 0 radical (unpaired) electrons. The highest BCUT2D eigenvalue weighted by molar-refractivity contribution is 5.98. The number of nitrogens with two attached hydrogens (primary N) is 1. The van der Waals surface area contributed by atoms with Gasteiger partial charge in [-0.2, -0.15) is 0 Å². The van der Waals surface area contributed by atoms with Crippen molar-refractivity contribution in [3.63, 3.8) is 0 Å². The number of hydrogen-bond acceptors (Lipinski definition) is 4. The zero-order chi connectivity index (χ0) is 18.6. The third kappa shape index (κ3) is 5.19. The van der Waals surface area contributed by atoms with E-state index in [0.717, 1.165) is 49.6 Å². The highest BCUT2D eigenvalue weighted by Crippen LogP contribution is 2.32. The second kappa shape index (κ2) is 8.19. The number of hydrogen-bond donors (Lipinski definition) is 1. The van der Waals surface area contributed by atoms with E-state index in [2.05, 4.69) is 36.6 Å². The number of likely N-dealkylation sites (N-methyl/N-ethyl adjacent to an activating group) is 1. The minimum Gasteiger partial charge on any atom is -0.371 e. The van der Waals surface area contributed by atoms with Crippen LogP contribution in [0.3, 0.4) is 0 Å². The van der Waals surface area contributed by atoms with E-state index in [9.17, 15) is 4.79 Å². The van der Waals surface area contributed by atoms with Gasteiger partial charge in [0.2, 0.25) is 0 Å². The summed E-state index contributed by atoms with van der Waals surface area (Å²) in [5.74, 6) is 0.369. The maximum Gasteiger partial charge on any atom is 0.250 e. The molecule has 1 aromatic rings. The minimum atomic E-state index is -0.413. The van der Waals surface area contributed by atoms with Gasteiger partial charge in [-0.25, -0.2) is 0 Å². The van der Waals surface area contributed by atoms with E-state index in [1.807, 2.05) is 26.2 Å². The van der Waals surface area contributed by atoms with E-state index in [4.69, 9.17) is 10.5 Å². The van der Waals surface area contributed by atoms with Gasteiger partial charge in [-0.1, -0.05) is 13.0 Å². The van der Waals surface area contributed by atoms with E-state index in [1.54, 1.807) is 0 Å². The summed E-state index contributed by atoms with van der Waals surface area (Å²) in [6.07, 6.45) is 2.29. The molecule has 25 heavy (non-hydrogen) atoms. The molecule has 0 saturated carbocycles. The zero-order valence-electron chi connectivity index (χ0n) is 16.3. The van der Waals surface area contributed by atoms with Crippen molar-refractivity contribution in [3.8, 4) is 0 Å². The Morgan fingerprint density at radius 2 is 1.96 bits per heavy atom. The van der Waals surface area contributed by atoms with E-state index in [1.165, 1.54) is 0 Å². The molecular weight excluding hydrogens is 314 g/mol. The molecule has 0 aromatic heterocycles. The lowest BCUT2D eigenvalue weighted by Crippen LogP contribution is -2.35. The first-order chi connectivity index (χ1) is 11.7. The Morgan fingerprint density at radius 3 is 2.52 bits per heavy atom. The topological polar surface area (TPSA) is 58.8 Å². The molecule has 0 spiro atoms. The van der Waals surface area contributed by atoms with Crippen molar-refractivity contribution in [2.75, 3.05) is 45.2 Å². The van der Waals surface area contributed by atoms with Crippen LogP contribution in [0, 0.1) is 5.92 Å². The fourth-order valence-corrected chi connectivity index (χ4v) is 3.19. The summed E-state index contributed by atoms with van der Waals surface area (Å²) in [5.41, 5.74) is 7.83. The smallest absolute Gasteiger partial charge is 0.250 e. The average Bonchev–Trinajstić information content (AvgIpc) is 2.54. The van der Waals surface area contributed by atoms with Gasteiger partial charge >= 0.3 is 0 Å². The summed E-state index contributed by atoms with van der Waals surface area (Å²) in [4.78, 5) is 16.3. The molecule has 1 saturated heterocycles. The summed E-state index contributed by atoms with van der Waals surface area (Å²) >= 11 is 0. The fourth-order valence-electron chi connectivity index (χ4n) is 3.19. The number of benzene rings is 1. The number of carbonyl (C=O) groups is 1. The Morgan fingerprint density at radius 1 is 1.32 bits per heavy atom. The number of carbonyl (C=O) groups excluding carboxylic acids is 1. The molecule has 0 unspecified atom stereocenters. The van der Waals surface area contributed by atoms with Gasteiger partial charge in [0, 0.05) is 25.3 Å². The number of rotatable bonds is 7. The Kier molecular flexibility index (Phi) is 6.47. The van der Waals surface area contributed by atoms with Gasteiger partial charge in [-0.3, -0.25) is 4.79 Å². The van der Waals surface area contributed by atoms with E-state index >= 15 is 0 Å². The molecule has 1 aromatic carbocycles. The van der Waals surface area contributed by atoms with Crippen LogP contribution in [-0.2, 0) is 10.3 Å². The van der Waals surface area contributed by atoms with Crippen LogP contribution in [0.5, 0.6) is 0 Å². The number of primary amides is 1. The first-order valence-electron chi connectivity index (χ1n) is 9.18. The highest BCUT2D eigenvalue weighted by Gasteiger charge is 2.26. The molecule has 0 aliphatic carbocycles. The summed E-state index contributed by atoms with van der Waals surface area (Å²) in [7, 11) is 4.07. The van der Waals surface area contributed by atoms with Crippen LogP contribution in [0.1, 0.15) is 49.5 Å². The van der Waals surface area contributed by atoms with Crippen LogP contribution in [0.4, 0.5) is 5.69 Å². The summed E-state index contributed by atoms with van der Waals surface area (Å²) in [6, 6.07) is 5.90. The Balaban J connectivity index is 2.25. The van der Waals surface area contributed by atoms with Crippen LogP contribution >= 0.6 is 0 Å². The SMILES string of the molecule is CC1CCN(c2cc(C(C)(C)OCCN(C)C)ccc2C(N)=O)CC1. The third-order valence-electron chi connectivity index (χ3n) is 5.08. The molecular formula is C20H33N3O2. The van der Waals surface area contributed by atoms with Gasteiger partial charge in [-0.15, -0.1) is 0 Å². The largest absolute Gasteiger partial charge is 0.371 e. The predicted octanol–water partition coefficient (Wildman–Crippen LogP) is 2.84. The fraction of sp³-hybridized carbons (Fsp3) is 0.650. The van der Waals surface area contributed by atoms with Crippen LogP contribution < -0.4 is 10.6 Å². The molecule has 1 aliphatic heterocycles. The van der Waals surface area contributed by atoms with Gasteiger partial charge in [-0.05, 0) is 64.4 Å². The van der Waals surface area contributed by atoms with Gasteiger partial charge in [0.1, 0.15) is 0 Å². The van der Waals surface area contributed by atoms with Crippen molar-refractivity contribution in [2.24, 2.45) is 11.7 Å². The van der Waals surface area contributed by atoms with E-state index in [0.29, 0.717) is 12.2 Å². The maximum absolute atomic E-state index is 11.9. The van der Waals surface area contributed by atoms with Crippen molar-refractivity contribution < 1.29 is 9.53 Å². The Hall–Kier alpha value is -1.59. The average molecular weight is 348 g/mol. The quantitative estimate of drug-likeness (QED) is 0.824. The molecule has 5 heteroatoms. The highest BCUT2D eigenvalue weighted by atomic mass is 16.5. The molecule has 2 rings (SSSR count).